The van der Waals surface area contributed by atoms with E-state index in [1.165, 1.54) is 0 Å². The van der Waals surface area contributed by atoms with Crippen molar-refractivity contribution in [2.24, 2.45) is 0 Å². The van der Waals surface area contributed by atoms with Gasteiger partial charge in [0.1, 0.15) is 29.3 Å². The molecule has 4 rings (SSSR count). The molecule has 1 aromatic heterocycles. The Hall–Kier alpha value is -2.28. The van der Waals surface area contributed by atoms with Gasteiger partial charge in [-0.25, -0.2) is 4.79 Å². The third-order valence-electron chi connectivity index (χ3n) is 4.26. The van der Waals surface area contributed by atoms with Crippen LogP contribution in [0, 0.1) is 6.92 Å². The summed E-state index contributed by atoms with van der Waals surface area (Å²) in [5.41, 5.74) is 3.53. The van der Waals surface area contributed by atoms with E-state index in [1.807, 2.05) is 49.4 Å². The maximum atomic E-state index is 12.7. The molecule has 0 saturated heterocycles. The van der Waals surface area contributed by atoms with Crippen molar-refractivity contribution in [2.45, 2.75) is 6.92 Å². The number of aryl methyl sites for hydroxylation is 1. The number of hydrogen-bond donors (Lipinski definition) is 0. The fraction of sp³-hybridized carbons (Fsp3) is 0.150. The molecule has 0 saturated carbocycles. The zero-order valence-corrected chi connectivity index (χ0v) is 15.9. The van der Waals surface area contributed by atoms with E-state index in [-0.39, 0.29) is 5.63 Å². The van der Waals surface area contributed by atoms with Crippen LogP contribution in [0.5, 0.6) is 11.5 Å². The molecule has 0 N–H and O–H groups in total. The predicted molar refractivity (Wildman–Crippen MR) is 106 cm³/mol. The maximum absolute atomic E-state index is 12.7. The molecule has 4 nitrogen and oxygen atoms in total. The number of halogens is 1. The number of ether oxygens (including phenoxy) is 2. The van der Waals surface area contributed by atoms with Gasteiger partial charge in [-0.3, -0.25) is 0 Å². The van der Waals surface area contributed by atoms with Crippen LogP contribution in [0.25, 0.3) is 16.5 Å². The monoisotopic (exact) mass is 446 g/mol. The van der Waals surface area contributed by atoms with Crippen molar-refractivity contribution in [1.29, 1.82) is 0 Å². The predicted octanol–water partition coefficient (Wildman–Crippen LogP) is 4.70. The average Bonchev–Trinajstić information content (AvgIpc) is 2.62. The van der Waals surface area contributed by atoms with Crippen LogP contribution >= 0.6 is 22.6 Å². The van der Waals surface area contributed by atoms with Gasteiger partial charge in [-0.05, 0) is 59.3 Å². The Morgan fingerprint density at radius 3 is 2.60 bits per heavy atom. The topological polar surface area (TPSA) is 48.7 Å². The van der Waals surface area contributed by atoms with Crippen molar-refractivity contribution in [2.75, 3.05) is 13.7 Å². The molecule has 126 valence electrons. The van der Waals surface area contributed by atoms with Crippen LogP contribution in [0.1, 0.15) is 16.7 Å². The molecule has 2 aromatic carbocycles. The Morgan fingerprint density at radius 1 is 1.12 bits per heavy atom. The van der Waals surface area contributed by atoms with Crippen LogP contribution in [0.2, 0.25) is 0 Å². The SMILES string of the molecule is COc1ccc(C2=C(I)COc3c2c(=O)oc2ccc(C)cc32)cc1. The van der Waals surface area contributed by atoms with Crippen LogP contribution in [0.15, 0.2) is 55.3 Å². The number of hydrogen-bond acceptors (Lipinski definition) is 4. The summed E-state index contributed by atoms with van der Waals surface area (Å²) in [4.78, 5) is 12.7. The number of methoxy groups -OCH3 is 1. The lowest BCUT2D eigenvalue weighted by atomic mass is 9.95. The van der Waals surface area contributed by atoms with E-state index in [0.29, 0.717) is 23.5 Å². The average molecular weight is 446 g/mol. The summed E-state index contributed by atoms with van der Waals surface area (Å²) in [6.07, 6.45) is 0. The van der Waals surface area contributed by atoms with Gasteiger partial charge in [0.2, 0.25) is 0 Å². The van der Waals surface area contributed by atoms with Crippen molar-refractivity contribution < 1.29 is 13.9 Å². The molecule has 25 heavy (non-hydrogen) atoms. The molecule has 0 amide bonds. The van der Waals surface area contributed by atoms with Crippen molar-refractivity contribution >= 4 is 39.1 Å². The summed E-state index contributed by atoms with van der Waals surface area (Å²) < 4.78 is 17.7. The van der Waals surface area contributed by atoms with Crippen molar-refractivity contribution in [3.63, 3.8) is 0 Å². The third-order valence-corrected chi connectivity index (χ3v) is 5.11. The number of benzene rings is 2. The zero-order valence-electron chi connectivity index (χ0n) is 13.8. The molecule has 0 unspecified atom stereocenters. The van der Waals surface area contributed by atoms with Crippen molar-refractivity contribution in [1.82, 2.24) is 0 Å². The Morgan fingerprint density at radius 2 is 1.88 bits per heavy atom. The van der Waals surface area contributed by atoms with Gasteiger partial charge in [0.15, 0.2) is 0 Å². The lowest BCUT2D eigenvalue weighted by Crippen LogP contribution is -2.17. The van der Waals surface area contributed by atoms with Crippen LogP contribution in [-0.4, -0.2) is 13.7 Å². The Bertz CT molecular complexity index is 1060. The molecule has 1 aliphatic heterocycles. The molecule has 0 fully saturated rings. The first-order valence-corrected chi connectivity index (χ1v) is 8.90. The van der Waals surface area contributed by atoms with Gasteiger partial charge >= 0.3 is 5.63 Å². The first-order chi connectivity index (χ1) is 12.1. The van der Waals surface area contributed by atoms with Gasteiger partial charge in [0.25, 0.3) is 0 Å². The van der Waals surface area contributed by atoms with Crippen LogP contribution in [0.3, 0.4) is 0 Å². The molecular formula is C20H15IO4. The van der Waals surface area contributed by atoms with E-state index in [0.717, 1.165) is 31.4 Å². The first kappa shape index (κ1) is 16.2. The molecular weight excluding hydrogens is 431 g/mol. The summed E-state index contributed by atoms with van der Waals surface area (Å²) in [6, 6.07) is 13.4. The van der Waals surface area contributed by atoms with Crippen LogP contribution in [0.4, 0.5) is 0 Å². The molecule has 2 heterocycles. The minimum absolute atomic E-state index is 0.383. The van der Waals surface area contributed by atoms with Crippen LogP contribution in [-0.2, 0) is 0 Å². The Kier molecular flexibility index (Phi) is 4.03. The summed E-state index contributed by atoms with van der Waals surface area (Å²) >= 11 is 2.23. The van der Waals surface area contributed by atoms with Gasteiger partial charge in [0, 0.05) is 9.15 Å². The minimum Gasteiger partial charge on any atom is -0.497 e. The Labute approximate surface area is 158 Å². The van der Waals surface area contributed by atoms with E-state index in [2.05, 4.69) is 22.6 Å². The Balaban J connectivity index is 2.00. The largest absolute Gasteiger partial charge is 0.497 e. The zero-order chi connectivity index (χ0) is 17.6. The van der Waals surface area contributed by atoms with Gasteiger partial charge in [-0.2, -0.15) is 0 Å². The lowest BCUT2D eigenvalue weighted by molar-refractivity contribution is 0.355. The fourth-order valence-corrected chi connectivity index (χ4v) is 3.79. The second kappa shape index (κ2) is 6.22. The van der Waals surface area contributed by atoms with Gasteiger partial charge in [-0.15, -0.1) is 0 Å². The molecule has 0 bridgehead atoms. The standard InChI is InChI=1S/C20H15IO4/c1-11-3-8-16-14(9-11)19-18(20(22)25-16)17(15(21)10-24-19)12-4-6-13(23-2)7-5-12/h3-9H,10H2,1-2H3. The minimum atomic E-state index is -0.383. The molecule has 0 radical (unpaired) electrons. The highest BCUT2D eigenvalue weighted by atomic mass is 127. The molecule has 0 aliphatic carbocycles. The summed E-state index contributed by atoms with van der Waals surface area (Å²) in [5.74, 6) is 1.37. The first-order valence-electron chi connectivity index (χ1n) is 7.82. The summed E-state index contributed by atoms with van der Waals surface area (Å²) in [7, 11) is 1.63. The third kappa shape index (κ3) is 2.72. The van der Waals surface area contributed by atoms with E-state index >= 15 is 0 Å². The smallest absolute Gasteiger partial charge is 0.348 e. The van der Waals surface area contributed by atoms with E-state index in [1.54, 1.807) is 7.11 Å². The summed E-state index contributed by atoms with van der Waals surface area (Å²) in [6.45, 7) is 2.44. The number of rotatable bonds is 2. The van der Waals surface area contributed by atoms with Crippen molar-refractivity contribution in [3.8, 4) is 11.5 Å². The second-order valence-corrected chi connectivity index (χ2v) is 7.19. The fourth-order valence-electron chi connectivity index (χ4n) is 3.06. The molecule has 0 spiro atoms. The van der Waals surface area contributed by atoms with Gasteiger partial charge < -0.3 is 13.9 Å². The van der Waals surface area contributed by atoms with E-state index < -0.39 is 0 Å². The molecule has 0 atom stereocenters. The van der Waals surface area contributed by atoms with E-state index in [4.69, 9.17) is 13.9 Å². The molecule has 1 aliphatic rings. The van der Waals surface area contributed by atoms with Gasteiger partial charge in [0.05, 0.1) is 12.5 Å². The molecule has 3 aromatic rings. The number of fused-ring (bicyclic) bond motifs is 3. The summed E-state index contributed by atoms with van der Waals surface area (Å²) in [5, 5.41) is 0.824. The second-order valence-electron chi connectivity index (χ2n) is 5.89. The normalized spacial score (nSPS) is 13.6. The highest BCUT2D eigenvalue weighted by Crippen LogP contribution is 2.41. The van der Waals surface area contributed by atoms with E-state index in [9.17, 15) is 4.79 Å². The molecule has 5 heteroatoms. The van der Waals surface area contributed by atoms with Gasteiger partial charge in [-0.1, -0.05) is 23.8 Å². The van der Waals surface area contributed by atoms with Crippen LogP contribution < -0.4 is 15.1 Å². The quantitative estimate of drug-likeness (QED) is 0.423. The maximum Gasteiger partial charge on any atom is 0.348 e. The highest BCUT2D eigenvalue weighted by molar-refractivity contribution is 14.1. The highest BCUT2D eigenvalue weighted by Gasteiger charge is 2.27. The lowest BCUT2D eigenvalue weighted by Gasteiger charge is -2.22. The van der Waals surface area contributed by atoms with Crippen molar-refractivity contribution in [3.05, 3.63) is 73.2 Å².